The number of hydrogen-bond acceptors (Lipinski definition) is 2. The van der Waals surface area contributed by atoms with Crippen LogP contribution < -0.4 is 4.90 Å². The summed E-state index contributed by atoms with van der Waals surface area (Å²) < 4.78 is 9.14. The summed E-state index contributed by atoms with van der Waals surface area (Å²) in [5, 5.41) is 9.61. The van der Waals surface area contributed by atoms with Gasteiger partial charge in [-0.3, -0.25) is 0 Å². The van der Waals surface area contributed by atoms with Crippen LogP contribution in [0.5, 0.6) is 0 Å². The molecule has 0 amide bonds. The Bertz CT molecular complexity index is 3900. The molecule has 0 saturated heterocycles. The largest absolute Gasteiger partial charge is 0.455 e. The summed E-state index contributed by atoms with van der Waals surface area (Å²) >= 11 is 0. The van der Waals surface area contributed by atoms with Crippen LogP contribution in [0.3, 0.4) is 0 Å². The zero-order chi connectivity index (χ0) is 42.8. The molecule has 0 fully saturated rings. The highest BCUT2D eigenvalue weighted by molar-refractivity contribution is 6.28. The normalized spacial score (nSPS) is 11.7. The van der Waals surface area contributed by atoms with Crippen LogP contribution in [0.4, 0.5) is 17.1 Å². The molecule has 13 aromatic rings. The smallest absolute Gasteiger partial charge is 0.143 e. The average molecular weight is 829 g/mol. The molecule has 13 rings (SSSR count). The highest BCUT2D eigenvalue weighted by Gasteiger charge is 2.20. The Labute approximate surface area is 376 Å². The lowest BCUT2D eigenvalue weighted by atomic mass is 9.94. The zero-order valence-electron chi connectivity index (χ0n) is 35.4. The summed E-state index contributed by atoms with van der Waals surface area (Å²) in [4.78, 5) is 2.37. The molecule has 0 bridgehead atoms. The predicted octanol–water partition coefficient (Wildman–Crippen LogP) is 17.5. The molecule has 0 aliphatic rings. The van der Waals surface area contributed by atoms with Gasteiger partial charge in [0.25, 0.3) is 0 Å². The van der Waals surface area contributed by atoms with Crippen LogP contribution in [0.2, 0.25) is 0 Å². The first kappa shape index (κ1) is 36.9. The van der Waals surface area contributed by atoms with Crippen LogP contribution in [0.1, 0.15) is 0 Å². The number of benzene rings is 11. The molecule has 0 atom stereocenters. The van der Waals surface area contributed by atoms with Gasteiger partial charge >= 0.3 is 0 Å². The van der Waals surface area contributed by atoms with Crippen molar-refractivity contribution >= 4 is 82.4 Å². The second-order valence-electron chi connectivity index (χ2n) is 16.9. The third-order valence-corrected chi connectivity index (χ3v) is 13.2. The van der Waals surface area contributed by atoms with E-state index in [4.69, 9.17) is 4.42 Å². The number of nitrogens with zero attached hydrogens (tertiary/aromatic N) is 2. The van der Waals surface area contributed by atoms with Crippen LogP contribution in [0, 0.1) is 0 Å². The number of fused-ring (bicyclic) bond motifs is 10. The van der Waals surface area contributed by atoms with Gasteiger partial charge < -0.3 is 13.9 Å². The first-order valence-electron chi connectivity index (χ1n) is 22.2. The second kappa shape index (κ2) is 15.0. The van der Waals surface area contributed by atoms with E-state index < -0.39 is 0 Å². The van der Waals surface area contributed by atoms with Gasteiger partial charge in [0.15, 0.2) is 0 Å². The SMILES string of the molecule is c1ccc(-c2ccc(N(c3ccc(-c4ccc(-c5cc6ccccc6c6c5oc5ccc7ccccc7c56)cc4)cc3)c3ccc4c(c3)c3ccccc3n4-c3ccccc3)cc2)cc1. The number of aromatic nitrogens is 1. The molecule has 0 unspecified atom stereocenters. The van der Waals surface area contributed by atoms with Crippen molar-refractivity contribution in [3.8, 4) is 39.1 Å². The van der Waals surface area contributed by atoms with Gasteiger partial charge in [-0.05, 0) is 122 Å². The van der Waals surface area contributed by atoms with Crippen molar-refractivity contribution in [3.63, 3.8) is 0 Å². The minimum Gasteiger partial charge on any atom is -0.455 e. The topological polar surface area (TPSA) is 21.3 Å². The van der Waals surface area contributed by atoms with E-state index in [1.807, 2.05) is 0 Å². The Balaban J connectivity index is 0.897. The van der Waals surface area contributed by atoms with Gasteiger partial charge in [-0.1, -0.05) is 170 Å². The summed E-state index contributed by atoms with van der Waals surface area (Å²) in [6.07, 6.45) is 0. The van der Waals surface area contributed by atoms with E-state index in [9.17, 15) is 0 Å². The molecule has 0 aliphatic heterocycles. The predicted molar refractivity (Wildman–Crippen MR) is 274 cm³/mol. The number of furan rings is 1. The molecule has 2 heterocycles. The fourth-order valence-corrected chi connectivity index (χ4v) is 10.1. The number of anilines is 3. The summed E-state index contributed by atoms with van der Waals surface area (Å²) in [5.41, 5.74) is 15.5. The Kier molecular flexibility index (Phi) is 8.53. The van der Waals surface area contributed by atoms with Crippen LogP contribution >= 0.6 is 0 Å². The van der Waals surface area contributed by atoms with Crippen LogP contribution in [-0.2, 0) is 0 Å². The second-order valence-corrected chi connectivity index (χ2v) is 16.9. The molecular formula is C62H40N2O. The standard InChI is InChI=1S/C62H40N2O/c1-3-13-41(14-4-1)43-27-32-49(33-28-43)63(51-36-37-58-56(40-51)54-21-11-12-22-57(54)64(58)48-17-5-2-6-18-48)50-34-29-44(30-35-50)42-23-25-46(26-24-42)55-39-47-16-8-10-20-53(47)61-60-52-19-9-7-15-45(52)31-38-59(60)65-62(55)61/h1-40H. The van der Waals surface area contributed by atoms with Gasteiger partial charge in [-0.2, -0.15) is 0 Å². The van der Waals surface area contributed by atoms with Gasteiger partial charge in [-0.25, -0.2) is 0 Å². The molecule has 0 spiro atoms. The first-order chi connectivity index (χ1) is 32.2. The Hall–Kier alpha value is -8.66. The average Bonchev–Trinajstić information content (AvgIpc) is 3.94. The van der Waals surface area contributed by atoms with E-state index in [0.717, 1.165) is 56.2 Å². The number of para-hydroxylation sites is 2. The Morgan fingerprint density at radius 3 is 1.52 bits per heavy atom. The maximum Gasteiger partial charge on any atom is 0.143 e. The molecule has 3 heteroatoms. The van der Waals surface area contributed by atoms with Crippen molar-refractivity contribution in [1.82, 2.24) is 4.57 Å². The van der Waals surface area contributed by atoms with Crippen molar-refractivity contribution in [2.24, 2.45) is 0 Å². The molecule has 0 N–H and O–H groups in total. The Morgan fingerprint density at radius 2 is 0.831 bits per heavy atom. The van der Waals surface area contributed by atoms with E-state index in [1.54, 1.807) is 0 Å². The maximum absolute atomic E-state index is 6.77. The van der Waals surface area contributed by atoms with Gasteiger partial charge in [0, 0.05) is 49.9 Å². The third kappa shape index (κ3) is 6.12. The first-order valence-corrected chi connectivity index (χ1v) is 22.2. The van der Waals surface area contributed by atoms with E-state index in [1.165, 1.54) is 65.3 Å². The lowest BCUT2D eigenvalue weighted by molar-refractivity contribution is 0.670. The van der Waals surface area contributed by atoms with Crippen molar-refractivity contribution in [2.75, 3.05) is 4.90 Å². The molecule has 0 aliphatic carbocycles. The van der Waals surface area contributed by atoms with Crippen molar-refractivity contribution < 1.29 is 4.42 Å². The molecule has 65 heavy (non-hydrogen) atoms. The number of rotatable bonds is 7. The van der Waals surface area contributed by atoms with Crippen LogP contribution in [-0.4, -0.2) is 4.57 Å². The van der Waals surface area contributed by atoms with Gasteiger partial charge in [0.05, 0.1) is 11.0 Å². The van der Waals surface area contributed by atoms with Gasteiger partial charge in [0.2, 0.25) is 0 Å². The number of hydrogen-bond donors (Lipinski definition) is 0. The van der Waals surface area contributed by atoms with Gasteiger partial charge in [0.1, 0.15) is 11.2 Å². The highest BCUT2D eigenvalue weighted by Crippen LogP contribution is 2.45. The van der Waals surface area contributed by atoms with Crippen LogP contribution in [0.25, 0.3) is 104 Å². The summed E-state index contributed by atoms with van der Waals surface area (Å²) in [6.45, 7) is 0. The third-order valence-electron chi connectivity index (χ3n) is 13.2. The Morgan fingerprint density at radius 1 is 0.323 bits per heavy atom. The van der Waals surface area contributed by atoms with Crippen molar-refractivity contribution in [1.29, 1.82) is 0 Å². The van der Waals surface area contributed by atoms with Crippen molar-refractivity contribution in [3.05, 3.63) is 243 Å². The molecular weight excluding hydrogens is 789 g/mol. The fraction of sp³-hybridized carbons (Fsp3) is 0. The molecule has 11 aromatic carbocycles. The molecule has 2 aromatic heterocycles. The lowest BCUT2D eigenvalue weighted by Gasteiger charge is -2.26. The van der Waals surface area contributed by atoms with Gasteiger partial charge in [-0.15, -0.1) is 0 Å². The minimum atomic E-state index is 0.910. The fourth-order valence-electron chi connectivity index (χ4n) is 10.1. The minimum absolute atomic E-state index is 0.910. The monoisotopic (exact) mass is 828 g/mol. The van der Waals surface area contributed by atoms with E-state index in [-0.39, 0.29) is 0 Å². The summed E-state index contributed by atoms with van der Waals surface area (Å²) in [7, 11) is 0. The van der Waals surface area contributed by atoms with E-state index in [2.05, 4.69) is 252 Å². The summed E-state index contributed by atoms with van der Waals surface area (Å²) in [5.74, 6) is 0. The zero-order valence-corrected chi connectivity index (χ0v) is 35.4. The molecule has 0 saturated carbocycles. The highest BCUT2D eigenvalue weighted by atomic mass is 16.3. The maximum atomic E-state index is 6.77. The summed E-state index contributed by atoms with van der Waals surface area (Å²) in [6, 6.07) is 87.5. The molecule has 304 valence electrons. The van der Waals surface area contributed by atoms with Crippen LogP contribution in [0.15, 0.2) is 247 Å². The van der Waals surface area contributed by atoms with Crippen molar-refractivity contribution in [2.45, 2.75) is 0 Å². The molecule has 0 radical (unpaired) electrons. The van der Waals surface area contributed by atoms with E-state index in [0.29, 0.717) is 0 Å². The molecule has 3 nitrogen and oxygen atoms in total. The quantitative estimate of drug-likeness (QED) is 0.160. The van der Waals surface area contributed by atoms with E-state index >= 15 is 0 Å². The lowest BCUT2D eigenvalue weighted by Crippen LogP contribution is -2.10.